The van der Waals surface area contributed by atoms with E-state index in [9.17, 15) is 23.7 Å². The minimum Gasteiger partial charge on any atom is -0.493 e. The molecular formula is C16H11F2NO5. The smallest absolute Gasteiger partial charge is 0.346 e. The van der Waals surface area contributed by atoms with Crippen molar-refractivity contribution in [1.82, 2.24) is 0 Å². The van der Waals surface area contributed by atoms with Crippen molar-refractivity contribution in [3.05, 3.63) is 75.5 Å². The monoisotopic (exact) mass is 335 g/mol. The predicted molar refractivity (Wildman–Crippen MR) is 80.3 cm³/mol. The Bertz CT molecular complexity index is 820. The number of nitrogens with zero attached hydrogens (tertiary/aromatic N) is 1. The Morgan fingerprint density at radius 3 is 2.62 bits per heavy atom. The number of methoxy groups -OCH3 is 1. The minimum atomic E-state index is -1.31. The second-order valence-corrected chi connectivity index (χ2v) is 4.50. The Morgan fingerprint density at radius 2 is 1.96 bits per heavy atom. The van der Waals surface area contributed by atoms with Gasteiger partial charge in [0.2, 0.25) is 6.20 Å². The van der Waals surface area contributed by atoms with Gasteiger partial charge in [-0.3, -0.25) is 10.1 Å². The molecule has 0 saturated heterocycles. The van der Waals surface area contributed by atoms with E-state index in [-0.39, 0.29) is 11.5 Å². The third-order valence-corrected chi connectivity index (χ3v) is 2.95. The molecule has 0 aliphatic carbocycles. The Labute approximate surface area is 135 Å². The van der Waals surface area contributed by atoms with Gasteiger partial charge >= 0.3 is 5.97 Å². The number of hydrogen-bond donors (Lipinski definition) is 0. The summed E-state index contributed by atoms with van der Waals surface area (Å²) >= 11 is 0. The molecule has 0 unspecified atom stereocenters. The summed E-state index contributed by atoms with van der Waals surface area (Å²) in [6, 6.07) is 7.30. The number of benzene rings is 2. The summed E-state index contributed by atoms with van der Waals surface area (Å²) in [7, 11) is 1.30. The molecule has 0 saturated carbocycles. The van der Waals surface area contributed by atoms with Crippen LogP contribution in [0, 0.1) is 21.7 Å². The molecule has 0 fully saturated rings. The van der Waals surface area contributed by atoms with Gasteiger partial charge in [-0.05, 0) is 29.8 Å². The maximum absolute atomic E-state index is 13.6. The standard InChI is InChI=1S/C16H11F2NO5/c1-23-14-9-10(7-8-19(21)22)5-6-13(14)24-16(20)11-3-2-4-12(17)15(11)18/h2-9H,1H3/b8-7+. The molecule has 0 radical (unpaired) electrons. The number of rotatable bonds is 5. The molecule has 0 spiro atoms. The van der Waals surface area contributed by atoms with Crippen LogP contribution in [0.15, 0.2) is 42.6 Å². The fourth-order valence-corrected chi connectivity index (χ4v) is 1.84. The van der Waals surface area contributed by atoms with E-state index < -0.39 is 28.1 Å². The average Bonchev–Trinajstić information content (AvgIpc) is 2.56. The van der Waals surface area contributed by atoms with Gasteiger partial charge in [-0.1, -0.05) is 12.1 Å². The normalized spacial score (nSPS) is 10.6. The summed E-state index contributed by atoms with van der Waals surface area (Å²) in [6.45, 7) is 0. The lowest BCUT2D eigenvalue weighted by atomic mass is 10.2. The van der Waals surface area contributed by atoms with Gasteiger partial charge in [0.1, 0.15) is 0 Å². The Hall–Kier alpha value is -3.29. The topological polar surface area (TPSA) is 78.7 Å². The van der Waals surface area contributed by atoms with Crippen LogP contribution in [0.4, 0.5) is 8.78 Å². The van der Waals surface area contributed by atoms with Crippen LogP contribution in [-0.2, 0) is 0 Å². The molecule has 6 nitrogen and oxygen atoms in total. The molecule has 24 heavy (non-hydrogen) atoms. The van der Waals surface area contributed by atoms with Crippen LogP contribution in [0.25, 0.3) is 6.08 Å². The van der Waals surface area contributed by atoms with Crippen LogP contribution in [0.1, 0.15) is 15.9 Å². The molecule has 8 heteroatoms. The quantitative estimate of drug-likeness (QED) is 0.362. The number of halogens is 2. The van der Waals surface area contributed by atoms with Crippen LogP contribution < -0.4 is 9.47 Å². The number of carbonyl (C=O) groups is 1. The molecule has 0 bridgehead atoms. The number of ether oxygens (including phenoxy) is 2. The first-order valence-corrected chi connectivity index (χ1v) is 6.58. The maximum atomic E-state index is 13.6. The highest BCUT2D eigenvalue weighted by atomic mass is 19.2. The van der Waals surface area contributed by atoms with Crippen molar-refractivity contribution in [3.63, 3.8) is 0 Å². The molecule has 124 valence electrons. The van der Waals surface area contributed by atoms with Gasteiger partial charge in [0.05, 0.1) is 17.6 Å². The van der Waals surface area contributed by atoms with Gasteiger partial charge in [0.25, 0.3) is 0 Å². The van der Waals surface area contributed by atoms with Crippen molar-refractivity contribution in [2.75, 3.05) is 7.11 Å². The third-order valence-electron chi connectivity index (χ3n) is 2.95. The van der Waals surface area contributed by atoms with Gasteiger partial charge < -0.3 is 9.47 Å². The molecule has 2 aromatic rings. The van der Waals surface area contributed by atoms with Gasteiger partial charge in [0.15, 0.2) is 23.1 Å². The fourth-order valence-electron chi connectivity index (χ4n) is 1.84. The molecule has 0 amide bonds. The van der Waals surface area contributed by atoms with Gasteiger partial charge in [-0.25, -0.2) is 13.6 Å². The highest BCUT2D eigenvalue weighted by Crippen LogP contribution is 2.29. The lowest BCUT2D eigenvalue weighted by molar-refractivity contribution is -0.400. The van der Waals surface area contributed by atoms with Crippen molar-refractivity contribution < 1.29 is 28.0 Å². The highest BCUT2D eigenvalue weighted by molar-refractivity contribution is 5.91. The van der Waals surface area contributed by atoms with Crippen molar-refractivity contribution >= 4 is 12.0 Å². The zero-order valence-corrected chi connectivity index (χ0v) is 12.4. The number of esters is 1. The zero-order chi connectivity index (χ0) is 17.7. The van der Waals surface area contributed by atoms with E-state index in [1.165, 1.54) is 37.5 Å². The van der Waals surface area contributed by atoms with Crippen LogP contribution in [0.5, 0.6) is 11.5 Å². The van der Waals surface area contributed by atoms with E-state index in [1.807, 2.05) is 0 Å². The number of carbonyl (C=O) groups excluding carboxylic acids is 1. The molecule has 2 aromatic carbocycles. The van der Waals surface area contributed by atoms with Crippen molar-refractivity contribution in [3.8, 4) is 11.5 Å². The predicted octanol–water partition coefficient (Wildman–Crippen LogP) is 3.44. The van der Waals surface area contributed by atoms with E-state index in [2.05, 4.69) is 0 Å². The van der Waals surface area contributed by atoms with E-state index in [1.54, 1.807) is 0 Å². The largest absolute Gasteiger partial charge is 0.493 e. The van der Waals surface area contributed by atoms with Gasteiger partial charge in [0, 0.05) is 6.08 Å². The van der Waals surface area contributed by atoms with Crippen LogP contribution in [0.2, 0.25) is 0 Å². The second kappa shape index (κ2) is 7.32. The molecule has 0 atom stereocenters. The lowest BCUT2D eigenvalue weighted by Crippen LogP contribution is -2.12. The summed E-state index contributed by atoms with van der Waals surface area (Å²) in [5.41, 5.74) is -0.130. The molecule has 0 aromatic heterocycles. The van der Waals surface area contributed by atoms with E-state index in [4.69, 9.17) is 9.47 Å². The Morgan fingerprint density at radius 1 is 1.21 bits per heavy atom. The molecule has 0 aliphatic rings. The summed E-state index contributed by atoms with van der Waals surface area (Å²) in [5, 5.41) is 10.3. The summed E-state index contributed by atoms with van der Waals surface area (Å²) in [6.07, 6.45) is 1.96. The van der Waals surface area contributed by atoms with Crippen molar-refractivity contribution in [2.24, 2.45) is 0 Å². The first-order valence-electron chi connectivity index (χ1n) is 6.58. The summed E-state index contributed by atoms with van der Waals surface area (Å²) < 4.78 is 36.8. The Balaban J connectivity index is 2.27. The maximum Gasteiger partial charge on any atom is 0.346 e. The van der Waals surface area contributed by atoms with Crippen molar-refractivity contribution in [2.45, 2.75) is 0 Å². The SMILES string of the molecule is COc1cc(/C=C/[N+](=O)[O-])ccc1OC(=O)c1cccc(F)c1F. The third kappa shape index (κ3) is 3.92. The van der Waals surface area contributed by atoms with Crippen LogP contribution in [-0.4, -0.2) is 18.0 Å². The molecule has 2 rings (SSSR count). The highest BCUT2D eigenvalue weighted by Gasteiger charge is 2.18. The molecule has 0 aliphatic heterocycles. The summed E-state index contributed by atoms with van der Waals surface area (Å²) in [5.74, 6) is -3.52. The molecule has 0 N–H and O–H groups in total. The van der Waals surface area contributed by atoms with E-state index >= 15 is 0 Å². The van der Waals surface area contributed by atoms with Gasteiger partial charge in [-0.2, -0.15) is 0 Å². The molecular weight excluding hydrogens is 324 g/mol. The van der Waals surface area contributed by atoms with E-state index in [0.717, 1.165) is 18.3 Å². The lowest BCUT2D eigenvalue weighted by Gasteiger charge is -2.10. The first-order chi connectivity index (χ1) is 11.4. The fraction of sp³-hybridized carbons (Fsp3) is 0.0625. The minimum absolute atomic E-state index is 0.0376. The van der Waals surface area contributed by atoms with Crippen LogP contribution in [0.3, 0.4) is 0 Å². The second-order valence-electron chi connectivity index (χ2n) is 4.50. The average molecular weight is 335 g/mol. The summed E-state index contributed by atoms with van der Waals surface area (Å²) in [4.78, 5) is 21.6. The number of hydrogen-bond acceptors (Lipinski definition) is 5. The Kier molecular flexibility index (Phi) is 5.20. The first kappa shape index (κ1) is 17.1. The van der Waals surface area contributed by atoms with Gasteiger partial charge in [-0.15, -0.1) is 0 Å². The van der Waals surface area contributed by atoms with Crippen LogP contribution >= 0.6 is 0 Å². The van der Waals surface area contributed by atoms with Crippen molar-refractivity contribution in [1.29, 1.82) is 0 Å². The molecule has 0 heterocycles. The van der Waals surface area contributed by atoms with E-state index in [0.29, 0.717) is 5.56 Å². The number of nitro groups is 1. The zero-order valence-electron chi connectivity index (χ0n) is 12.4.